The maximum Gasteiger partial charge on any atom is 0.213 e. The van der Waals surface area contributed by atoms with Crippen LogP contribution in [0.4, 0.5) is 0 Å². The van der Waals surface area contributed by atoms with Gasteiger partial charge in [0.15, 0.2) is 5.96 Å². The molecule has 2 heterocycles. The lowest BCUT2D eigenvalue weighted by atomic mass is 9.78. The van der Waals surface area contributed by atoms with Crippen molar-refractivity contribution in [2.45, 2.75) is 66.0 Å². The van der Waals surface area contributed by atoms with Crippen LogP contribution in [-0.2, 0) is 11.3 Å². The molecule has 0 bridgehead atoms. The summed E-state index contributed by atoms with van der Waals surface area (Å²) >= 11 is 0. The van der Waals surface area contributed by atoms with Crippen LogP contribution in [0.2, 0.25) is 0 Å². The third-order valence-electron chi connectivity index (χ3n) is 5.56. The maximum absolute atomic E-state index is 6.11. The lowest BCUT2D eigenvalue weighted by Crippen LogP contribution is -2.47. The summed E-state index contributed by atoms with van der Waals surface area (Å²) in [4.78, 5) is 9.15. The number of pyridine rings is 1. The molecule has 6 nitrogen and oxygen atoms in total. The summed E-state index contributed by atoms with van der Waals surface area (Å²) in [7, 11) is 0. The first kappa shape index (κ1) is 21.9. The molecule has 2 N–H and O–H groups in total. The smallest absolute Gasteiger partial charge is 0.213 e. The second-order valence-corrected chi connectivity index (χ2v) is 9.39. The molecule has 1 aromatic rings. The molecule has 0 radical (unpaired) electrons. The number of hydrogen-bond donors (Lipinski definition) is 2. The van der Waals surface area contributed by atoms with Gasteiger partial charge < -0.3 is 20.1 Å². The van der Waals surface area contributed by atoms with E-state index in [1.54, 1.807) is 0 Å². The van der Waals surface area contributed by atoms with Crippen LogP contribution in [-0.4, -0.2) is 43.4 Å². The molecule has 1 aromatic heterocycles. The van der Waals surface area contributed by atoms with Crippen molar-refractivity contribution < 1.29 is 9.47 Å². The molecule has 29 heavy (non-hydrogen) atoms. The van der Waals surface area contributed by atoms with Crippen molar-refractivity contribution in [3.8, 4) is 5.88 Å². The Labute approximate surface area is 175 Å². The zero-order chi connectivity index (χ0) is 20.7. The quantitative estimate of drug-likeness (QED) is 0.512. The highest BCUT2D eigenvalue weighted by molar-refractivity contribution is 5.79. The van der Waals surface area contributed by atoms with E-state index < -0.39 is 0 Å². The van der Waals surface area contributed by atoms with Crippen molar-refractivity contribution in [3.05, 3.63) is 23.9 Å². The van der Waals surface area contributed by atoms with Gasteiger partial charge in [-0.2, -0.15) is 0 Å². The van der Waals surface area contributed by atoms with Crippen LogP contribution in [0.1, 0.15) is 58.9 Å². The van der Waals surface area contributed by atoms with Gasteiger partial charge in [-0.1, -0.05) is 26.8 Å². The molecule has 2 fully saturated rings. The van der Waals surface area contributed by atoms with E-state index in [-0.39, 0.29) is 11.5 Å². The van der Waals surface area contributed by atoms with E-state index in [0.29, 0.717) is 18.3 Å². The molecular formula is C23H38N4O2. The van der Waals surface area contributed by atoms with Gasteiger partial charge in [-0.25, -0.2) is 9.98 Å². The molecule has 1 aliphatic heterocycles. The first-order chi connectivity index (χ1) is 14.0. The van der Waals surface area contributed by atoms with Gasteiger partial charge in [-0.3, -0.25) is 0 Å². The van der Waals surface area contributed by atoms with E-state index in [1.165, 1.54) is 19.3 Å². The minimum absolute atomic E-state index is 0.150. The Morgan fingerprint density at radius 1 is 1.24 bits per heavy atom. The fraction of sp³-hybridized carbons (Fsp3) is 0.739. The van der Waals surface area contributed by atoms with Gasteiger partial charge in [0.05, 0.1) is 19.3 Å². The molecule has 0 spiro atoms. The van der Waals surface area contributed by atoms with Gasteiger partial charge in [0.2, 0.25) is 5.88 Å². The van der Waals surface area contributed by atoms with Gasteiger partial charge in [0.1, 0.15) is 0 Å². The average molecular weight is 403 g/mol. The summed E-state index contributed by atoms with van der Waals surface area (Å²) in [6.45, 7) is 12.9. The number of hydrogen-bond acceptors (Lipinski definition) is 4. The Kier molecular flexibility index (Phi) is 7.76. The fourth-order valence-electron chi connectivity index (χ4n) is 3.83. The zero-order valence-electron chi connectivity index (χ0n) is 18.5. The van der Waals surface area contributed by atoms with E-state index in [0.717, 1.165) is 50.2 Å². The Balaban J connectivity index is 1.52. The largest absolute Gasteiger partial charge is 0.477 e. The molecule has 162 valence electrons. The zero-order valence-corrected chi connectivity index (χ0v) is 18.5. The summed E-state index contributed by atoms with van der Waals surface area (Å²) in [5.41, 5.74) is 1.23. The molecule has 1 aliphatic carbocycles. The Bertz CT molecular complexity index is 650. The summed E-state index contributed by atoms with van der Waals surface area (Å²) in [5.74, 6) is 2.79. The number of nitrogens with one attached hydrogen (secondary N) is 2. The molecule has 2 atom stereocenters. The lowest BCUT2D eigenvalue weighted by molar-refractivity contribution is -0.0835. The minimum atomic E-state index is 0.150. The second kappa shape index (κ2) is 10.3. The van der Waals surface area contributed by atoms with Gasteiger partial charge in [-0.05, 0) is 49.5 Å². The SMILES string of the molecule is CCNC(=NCc1ccc(OCC2CC2)nc1)NCC1CCCOC1C(C)(C)C. The molecule has 1 saturated carbocycles. The normalized spacial score (nSPS) is 23.0. The molecule has 2 aliphatic rings. The van der Waals surface area contributed by atoms with Crippen molar-refractivity contribution in [1.82, 2.24) is 15.6 Å². The van der Waals surface area contributed by atoms with Crippen molar-refractivity contribution in [2.24, 2.45) is 22.2 Å². The highest BCUT2D eigenvalue weighted by atomic mass is 16.5. The standard InChI is InChI=1S/C23H38N4O2/c1-5-24-22(27-15-19-7-6-12-28-21(19)23(2,3)4)26-14-18-10-11-20(25-13-18)29-16-17-8-9-17/h10-11,13,17,19,21H,5-9,12,14-16H2,1-4H3,(H2,24,26,27). The number of rotatable bonds is 8. The van der Waals surface area contributed by atoms with Crippen molar-refractivity contribution in [1.29, 1.82) is 0 Å². The van der Waals surface area contributed by atoms with E-state index in [9.17, 15) is 0 Å². The number of ether oxygens (including phenoxy) is 2. The maximum atomic E-state index is 6.11. The molecule has 1 saturated heterocycles. The Morgan fingerprint density at radius 2 is 2.07 bits per heavy atom. The van der Waals surface area contributed by atoms with Crippen molar-refractivity contribution >= 4 is 5.96 Å². The minimum Gasteiger partial charge on any atom is -0.477 e. The highest BCUT2D eigenvalue weighted by Crippen LogP contribution is 2.33. The van der Waals surface area contributed by atoms with Gasteiger partial charge >= 0.3 is 0 Å². The summed E-state index contributed by atoms with van der Waals surface area (Å²) in [5, 5.41) is 6.88. The van der Waals surface area contributed by atoms with E-state index in [2.05, 4.69) is 43.3 Å². The monoisotopic (exact) mass is 402 g/mol. The van der Waals surface area contributed by atoms with Crippen LogP contribution in [0.15, 0.2) is 23.3 Å². The average Bonchev–Trinajstić information content (AvgIpc) is 3.53. The molecule has 2 unspecified atom stereocenters. The van der Waals surface area contributed by atoms with Crippen LogP contribution < -0.4 is 15.4 Å². The molecule has 6 heteroatoms. The van der Waals surface area contributed by atoms with Gasteiger partial charge in [0, 0.05) is 37.9 Å². The Morgan fingerprint density at radius 3 is 2.72 bits per heavy atom. The summed E-state index contributed by atoms with van der Waals surface area (Å²) in [6, 6.07) is 3.99. The van der Waals surface area contributed by atoms with Crippen molar-refractivity contribution in [3.63, 3.8) is 0 Å². The Hall–Kier alpha value is -1.82. The third-order valence-corrected chi connectivity index (χ3v) is 5.56. The number of aromatic nitrogens is 1. The van der Waals surface area contributed by atoms with Crippen LogP contribution >= 0.6 is 0 Å². The molecule has 3 rings (SSSR count). The first-order valence-electron chi connectivity index (χ1n) is 11.2. The van der Waals surface area contributed by atoms with Gasteiger partial charge in [-0.15, -0.1) is 0 Å². The number of nitrogens with zero attached hydrogens (tertiary/aromatic N) is 2. The van der Waals surface area contributed by atoms with Crippen molar-refractivity contribution in [2.75, 3.05) is 26.3 Å². The molecule has 0 aromatic carbocycles. The van der Waals surface area contributed by atoms with Crippen LogP contribution in [0.25, 0.3) is 0 Å². The predicted molar refractivity (Wildman–Crippen MR) is 117 cm³/mol. The van der Waals surface area contributed by atoms with Crippen LogP contribution in [0, 0.1) is 17.3 Å². The summed E-state index contributed by atoms with van der Waals surface area (Å²) < 4.78 is 11.8. The summed E-state index contributed by atoms with van der Waals surface area (Å²) in [6.07, 6.45) is 7.04. The van der Waals surface area contributed by atoms with E-state index >= 15 is 0 Å². The number of aliphatic imine (C=N–C) groups is 1. The van der Waals surface area contributed by atoms with E-state index in [4.69, 9.17) is 14.5 Å². The highest BCUT2D eigenvalue weighted by Gasteiger charge is 2.35. The van der Waals surface area contributed by atoms with Crippen LogP contribution in [0.3, 0.4) is 0 Å². The second-order valence-electron chi connectivity index (χ2n) is 9.39. The molecule has 0 amide bonds. The number of guanidine groups is 1. The van der Waals surface area contributed by atoms with Crippen LogP contribution in [0.5, 0.6) is 5.88 Å². The first-order valence-corrected chi connectivity index (χ1v) is 11.2. The van der Waals surface area contributed by atoms with Gasteiger partial charge in [0.25, 0.3) is 0 Å². The topological polar surface area (TPSA) is 67.8 Å². The third kappa shape index (κ3) is 7.18. The predicted octanol–water partition coefficient (Wildman–Crippen LogP) is 3.77. The fourth-order valence-corrected chi connectivity index (χ4v) is 3.83. The lowest BCUT2D eigenvalue weighted by Gasteiger charge is -2.40. The van der Waals surface area contributed by atoms with E-state index in [1.807, 2.05) is 18.3 Å². The molecular weight excluding hydrogens is 364 g/mol.